The number of Topliss-reactive ketones (excluding diaryl/α,β-unsaturated/α-hetero) is 1. The Morgan fingerprint density at radius 1 is 1.14 bits per heavy atom. The van der Waals surface area contributed by atoms with Crippen LogP contribution in [-0.4, -0.2) is 5.78 Å². The van der Waals surface area contributed by atoms with Crippen LogP contribution in [0, 0.1) is 34.5 Å². The maximum atomic E-state index is 12.4. The van der Waals surface area contributed by atoms with Crippen molar-refractivity contribution >= 4 is 5.78 Å². The van der Waals surface area contributed by atoms with Crippen molar-refractivity contribution < 1.29 is 4.79 Å². The van der Waals surface area contributed by atoms with Gasteiger partial charge in [-0.15, -0.1) is 6.58 Å². The van der Waals surface area contributed by atoms with Gasteiger partial charge < -0.3 is 0 Å². The Bertz CT molecular complexity index is 544. The van der Waals surface area contributed by atoms with Crippen molar-refractivity contribution in [2.45, 2.75) is 65.2 Å². The lowest BCUT2D eigenvalue weighted by Crippen LogP contribution is -2.50. The van der Waals surface area contributed by atoms with E-state index in [2.05, 4.69) is 32.6 Å². The molecule has 0 aromatic heterocycles. The van der Waals surface area contributed by atoms with Crippen molar-refractivity contribution in [2.24, 2.45) is 34.5 Å². The molecule has 4 aliphatic carbocycles. The largest absolute Gasteiger partial charge is 0.299 e. The molecule has 0 spiro atoms. The second kappa shape index (κ2) is 4.82. The fourth-order valence-electron chi connectivity index (χ4n) is 6.66. The molecule has 22 heavy (non-hydrogen) atoms. The molecule has 0 N–H and O–H groups in total. The van der Waals surface area contributed by atoms with Gasteiger partial charge in [0.25, 0.3) is 0 Å². The Morgan fingerprint density at radius 3 is 2.64 bits per heavy atom. The number of hydrogen-bond acceptors (Lipinski definition) is 1. The van der Waals surface area contributed by atoms with Crippen molar-refractivity contribution in [3.05, 3.63) is 24.3 Å². The molecule has 4 aliphatic rings. The Labute approximate surface area is 135 Å². The van der Waals surface area contributed by atoms with E-state index in [1.54, 1.807) is 5.57 Å². The van der Waals surface area contributed by atoms with E-state index >= 15 is 0 Å². The van der Waals surface area contributed by atoms with Gasteiger partial charge in [0.1, 0.15) is 5.78 Å². The summed E-state index contributed by atoms with van der Waals surface area (Å²) < 4.78 is 0. The molecule has 0 saturated heterocycles. The molecule has 0 heterocycles. The Morgan fingerprint density at radius 2 is 1.86 bits per heavy atom. The maximum Gasteiger partial charge on any atom is 0.139 e. The van der Waals surface area contributed by atoms with Gasteiger partial charge >= 0.3 is 0 Å². The van der Waals surface area contributed by atoms with Crippen molar-refractivity contribution in [1.29, 1.82) is 0 Å². The van der Waals surface area contributed by atoms with Crippen molar-refractivity contribution in [3.63, 3.8) is 0 Å². The maximum absolute atomic E-state index is 12.4. The lowest BCUT2D eigenvalue weighted by molar-refractivity contribution is -0.131. The van der Waals surface area contributed by atoms with Gasteiger partial charge in [-0.05, 0) is 74.0 Å². The molecule has 0 bridgehead atoms. The summed E-state index contributed by atoms with van der Waals surface area (Å²) >= 11 is 0. The van der Waals surface area contributed by atoms with E-state index in [1.807, 2.05) is 0 Å². The van der Waals surface area contributed by atoms with Gasteiger partial charge in [0.15, 0.2) is 0 Å². The van der Waals surface area contributed by atoms with Crippen molar-refractivity contribution in [3.8, 4) is 0 Å². The van der Waals surface area contributed by atoms with Crippen molar-refractivity contribution in [2.75, 3.05) is 0 Å². The molecule has 6 atom stereocenters. The molecular weight excluding hydrogens is 268 g/mol. The normalized spacial score (nSPS) is 50.6. The molecule has 1 unspecified atom stereocenters. The summed E-state index contributed by atoms with van der Waals surface area (Å²) in [5.41, 5.74) is 2.15. The van der Waals surface area contributed by atoms with Gasteiger partial charge in [0.05, 0.1) is 0 Å². The van der Waals surface area contributed by atoms with Crippen LogP contribution in [-0.2, 0) is 4.79 Å². The number of carbonyl (C=O) groups is 1. The fourth-order valence-corrected chi connectivity index (χ4v) is 6.66. The highest BCUT2D eigenvalue weighted by Gasteiger charge is 2.58. The van der Waals surface area contributed by atoms with Crippen LogP contribution in [0.1, 0.15) is 65.2 Å². The first-order valence-corrected chi connectivity index (χ1v) is 9.34. The van der Waals surface area contributed by atoms with E-state index in [0.29, 0.717) is 23.0 Å². The van der Waals surface area contributed by atoms with E-state index in [9.17, 15) is 4.79 Å². The minimum Gasteiger partial charge on any atom is -0.299 e. The number of fused-ring (bicyclic) bond motifs is 5. The van der Waals surface area contributed by atoms with Crippen LogP contribution in [0.5, 0.6) is 0 Å². The molecule has 0 aromatic carbocycles. The second-order valence-corrected chi connectivity index (χ2v) is 8.92. The SMILES string of the molecule is C=CC1CC[C@@]2(C)C(=CC[C@@H]3[C@H]2CC[C@]2(C)C(=O)CC[C@@H]32)C1. The third-order valence-electron chi connectivity index (χ3n) is 8.18. The molecule has 0 radical (unpaired) electrons. The van der Waals surface area contributed by atoms with Crippen LogP contribution in [0.3, 0.4) is 0 Å². The first kappa shape index (κ1) is 14.7. The van der Waals surface area contributed by atoms with Crippen LogP contribution in [0.15, 0.2) is 24.3 Å². The van der Waals surface area contributed by atoms with Gasteiger partial charge in [0.2, 0.25) is 0 Å². The zero-order chi connectivity index (χ0) is 15.5. The molecule has 0 aromatic rings. The zero-order valence-corrected chi connectivity index (χ0v) is 14.2. The minimum absolute atomic E-state index is 0.0151. The van der Waals surface area contributed by atoms with Crippen LogP contribution in [0.4, 0.5) is 0 Å². The van der Waals surface area contributed by atoms with E-state index in [0.717, 1.165) is 31.1 Å². The minimum atomic E-state index is 0.0151. The fraction of sp³-hybridized carbons (Fsp3) is 0.762. The van der Waals surface area contributed by atoms with Gasteiger partial charge in [-0.1, -0.05) is 31.6 Å². The Kier molecular flexibility index (Phi) is 3.23. The molecular formula is C21H30O. The van der Waals surface area contributed by atoms with Gasteiger partial charge in [0, 0.05) is 11.8 Å². The first-order valence-electron chi connectivity index (χ1n) is 9.34. The number of hydrogen-bond donors (Lipinski definition) is 0. The molecule has 120 valence electrons. The highest BCUT2D eigenvalue weighted by Crippen LogP contribution is 2.64. The van der Waals surface area contributed by atoms with E-state index < -0.39 is 0 Å². The smallest absolute Gasteiger partial charge is 0.139 e. The van der Waals surface area contributed by atoms with Gasteiger partial charge in [-0.2, -0.15) is 0 Å². The van der Waals surface area contributed by atoms with Crippen LogP contribution >= 0.6 is 0 Å². The molecule has 1 nitrogen and oxygen atoms in total. The third kappa shape index (κ3) is 1.80. The molecule has 3 fully saturated rings. The number of carbonyl (C=O) groups excluding carboxylic acids is 1. The first-order chi connectivity index (χ1) is 10.5. The lowest BCUT2D eigenvalue weighted by atomic mass is 9.47. The average Bonchev–Trinajstić information content (AvgIpc) is 2.82. The molecule has 1 heteroatoms. The standard InChI is InChI=1S/C21H30O/c1-4-14-9-11-20(2)15(13-14)5-6-16-17-7-8-19(22)21(17,3)12-10-18(16)20/h4-5,14,16-18H,1,6-13H2,2-3H3/t14?,16-,17-,18+,20-,21-/m0/s1. The van der Waals surface area contributed by atoms with E-state index in [4.69, 9.17) is 0 Å². The third-order valence-corrected chi connectivity index (χ3v) is 8.18. The van der Waals surface area contributed by atoms with Gasteiger partial charge in [-0.3, -0.25) is 4.79 Å². The predicted molar refractivity (Wildman–Crippen MR) is 90.4 cm³/mol. The molecule has 0 aliphatic heterocycles. The Balaban J connectivity index is 1.67. The summed E-state index contributed by atoms with van der Waals surface area (Å²) in [6.07, 6.45) is 14.3. The summed E-state index contributed by atoms with van der Waals surface area (Å²) in [7, 11) is 0. The number of ketones is 1. The molecule has 0 amide bonds. The second-order valence-electron chi connectivity index (χ2n) is 8.92. The van der Waals surface area contributed by atoms with Crippen molar-refractivity contribution in [1.82, 2.24) is 0 Å². The van der Waals surface area contributed by atoms with E-state index in [-0.39, 0.29) is 5.41 Å². The number of rotatable bonds is 1. The average molecular weight is 298 g/mol. The summed E-state index contributed by atoms with van der Waals surface area (Å²) in [5, 5.41) is 0. The quantitative estimate of drug-likeness (QED) is 0.599. The monoisotopic (exact) mass is 298 g/mol. The highest BCUT2D eigenvalue weighted by atomic mass is 16.1. The lowest BCUT2D eigenvalue weighted by Gasteiger charge is -2.57. The van der Waals surface area contributed by atoms with Crippen LogP contribution < -0.4 is 0 Å². The summed E-state index contributed by atoms with van der Waals surface area (Å²) in [6, 6.07) is 0. The molecule has 3 saturated carbocycles. The van der Waals surface area contributed by atoms with Gasteiger partial charge in [-0.25, -0.2) is 0 Å². The molecule has 4 rings (SSSR count). The number of allylic oxidation sites excluding steroid dienone is 3. The zero-order valence-electron chi connectivity index (χ0n) is 14.2. The summed E-state index contributed by atoms with van der Waals surface area (Å²) in [6.45, 7) is 8.84. The predicted octanol–water partition coefficient (Wildman–Crippen LogP) is 5.32. The topological polar surface area (TPSA) is 17.1 Å². The van der Waals surface area contributed by atoms with Crippen LogP contribution in [0.25, 0.3) is 0 Å². The Hall–Kier alpha value is -0.850. The summed E-state index contributed by atoms with van der Waals surface area (Å²) in [5.74, 6) is 3.50. The summed E-state index contributed by atoms with van der Waals surface area (Å²) in [4.78, 5) is 12.4. The van der Waals surface area contributed by atoms with Crippen LogP contribution in [0.2, 0.25) is 0 Å². The highest BCUT2D eigenvalue weighted by molar-refractivity contribution is 5.87. The van der Waals surface area contributed by atoms with E-state index in [1.165, 1.54) is 32.1 Å².